The number of hydrogen-bond donors (Lipinski definition) is 0. The second-order valence-electron chi connectivity index (χ2n) is 6.24. The summed E-state index contributed by atoms with van der Waals surface area (Å²) in [7, 11) is 1.73. The van der Waals surface area contributed by atoms with Crippen LogP contribution in [0.5, 0.6) is 0 Å². The highest BCUT2D eigenvalue weighted by Crippen LogP contribution is 2.52. The molecule has 0 saturated carbocycles. The number of benzene rings is 1. The maximum Gasteiger partial charge on any atom is 0.193 e. The zero-order valence-electron chi connectivity index (χ0n) is 11.5. The van der Waals surface area contributed by atoms with Gasteiger partial charge in [-0.3, -0.25) is 0 Å². The van der Waals surface area contributed by atoms with E-state index in [0.717, 1.165) is 6.42 Å². The summed E-state index contributed by atoms with van der Waals surface area (Å²) in [5.74, 6) is -0.554. The molecule has 2 heteroatoms. The van der Waals surface area contributed by atoms with Gasteiger partial charge < -0.3 is 9.47 Å². The molecule has 3 rings (SSSR count). The first kappa shape index (κ1) is 11.9. The summed E-state index contributed by atoms with van der Waals surface area (Å²) in [6.45, 7) is 6.69. The molecule has 2 heterocycles. The molecule has 2 unspecified atom stereocenters. The summed E-state index contributed by atoms with van der Waals surface area (Å²) < 4.78 is 11.8. The van der Waals surface area contributed by atoms with Crippen LogP contribution < -0.4 is 0 Å². The minimum Gasteiger partial charge on any atom is -0.349 e. The molecule has 96 valence electrons. The maximum atomic E-state index is 6.18. The summed E-state index contributed by atoms with van der Waals surface area (Å²) in [5.41, 5.74) is 4.06. The van der Waals surface area contributed by atoms with Gasteiger partial charge in [-0.25, -0.2) is 0 Å². The highest BCUT2D eigenvalue weighted by atomic mass is 16.7. The van der Waals surface area contributed by atoms with Gasteiger partial charge in [0.25, 0.3) is 0 Å². The molecule has 0 amide bonds. The Hall–Kier alpha value is -1.12. The third kappa shape index (κ3) is 1.63. The Morgan fingerprint density at radius 1 is 1.28 bits per heavy atom. The lowest BCUT2D eigenvalue weighted by Gasteiger charge is -2.35. The van der Waals surface area contributed by atoms with Crippen LogP contribution >= 0.6 is 0 Å². The van der Waals surface area contributed by atoms with E-state index in [-0.39, 0.29) is 11.5 Å². The van der Waals surface area contributed by atoms with E-state index in [1.165, 1.54) is 16.7 Å². The lowest BCUT2D eigenvalue weighted by molar-refractivity contribution is -0.201. The van der Waals surface area contributed by atoms with Crippen molar-refractivity contribution in [2.24, 2.45) is 5.41 Å². The molecule has 0 saturated heterocycles. The molecule has 0 spiro atoms. The molecule has 1 aromatic carbocycles. The smallest absolute Gasteiger partial charge is 0.193 e. The van der Waals surface area contributed by atoms with Gasteiger partial charge >= 0.3 is 0 Å². The average molecular weight is 244 g/mol. The first-order chi connectivity index (χ1) is 8.45. The Kier molecular flexibility index (Phi) is 2.45. The molecule has 2 atom stereocenters. The fourth-order valence-corrected chi connectivity index (χ4v) is 2.94. The minimum absolute atomic E-state index is 0.0508. The van der Waals surface area contributed by atoms with Gasteiger partial charge in [0.1, 0.15) is 6.10 Å². The zero-order valence-corrected chi connectivity index (χ0v) is 11.5. The number of hydrogen-bond acceptors (Lipinski definition) is 2. The number of fused-ring (bicyclic) bond motifs is 4. The SMILES string of the molecule is COC12C=C(C(C)(C)C)C(O1)c1ccccc1C2. The lowest BCUT2D eigenvalue weighted by atomic mass is 9.81. The lowest BCUT2D eigenvalue weighted by Crippen LogP contribution is -2.36. The number of rotatable bonds is 1. The van der Waals surface area contributed by atoms with Crippen molar-refractivity contribution < 1.29 is 9.47 Å². The van der Waals surface area contributed by atoms with Crippen LogP contribution in [-0.2, 0) is 15.9 Å². The predicted molar refractivity (Wildman–Crippen MR) is 71.3 cm³/mol. The average Bonchev–Trinajstić information content (AvgIpc) is 2.65. The summed E-state index contributed by atoms with van der Waals surface area (Å²) in [5, 5.41) is 0. The van der Waals surface area contributed by atoms with Crippen molar-refractivity contribution in [1.82, 2.24) is 0 Å². The quantitative estimate of drug-likeness (QED) is 0.702. The van der Waals surface area contributed by atoms with Crippen LogP contribution in [-0.4, -0.2) is 12.9 Å². The van der Waals surface area contributed by atoms with E-state index in [1.54, 1.807) is 7.11 Å². The normalized spacial score (nSPS) is 30.0. The molecule has 2 aliphatic heterocycles. The molecule has 0 aromatic heterocycles. The van der Waals surface area contributed by atoms with Gasteiger partial charge in [0.2, 0.25) is 0 Å². The van der Waals surface area contributed by atoms with Crippen LogP contribution in [0.4, 0.5) is 0 Å². The first-order valence-corrected chi connectivity index (χ1v) is 6.49. The van der Waals surface area contributed by atoms with E-state index in [1.807, 2.05) is 0 Å². The van der Waals surface area contributed by atoms with Crippen LogP contribution in [0.1, 0.15) is 38.0 Å². The molecule has 18 heavy (non-hydrogen) atoms. The van der Waals surface area contributed by atoms with E-state index < -0.39 is 5.79 Å². The van der Waals surface area contributed by atoms with Gasteiger partial charge in [-0.05, 0) is 28.2 Å². The monoisotopic (exact) mass is 244 g/mol. The second-order valence-corrected chi connectivity index (χ2v) is 6.24. The van der Waals surface area contributed by atoms with Crippen molar-refractivity contribution in [2.45, 2.75) is 39.1 Å². The number of methoxy groups -OCH3 is 1. The minimum atomic E-state index is -0.554. The van der Waals surface area contributed by atoms with Gasteiger partial charge in [-0.2, -0.15) is 0 Å². The number of ether oxygens (including phenoxy) is 2. The fraction of sp³-hybridized carbons (Fsp3) is 0.500. The van der Waals surface area contributed by atoms with Gasteiger partial charge in [-0.1, -0.05) is 45.0 Å². The Bertz CT molecular complexity index is 510. The van der Waals surface area contributed by atoms with Gasteiger partial charge in [0.15, 0.2) is 5.79 Å². The van der Waals surface area contributed by atoms with Crippen molar-refractivity contribution in [3.8, 4) is 0 Å². The molecule has 1 aromatic rings. The third-order valence-corrected chi connectivity index (χ3v) is 3.96. The third-order valence-electron chi connectivity index (χ3n) is 3.96. The van der Waals surface area contributed by atoms with Crippen molar-refractivity contribution in [3.63, 3.8) is 0 Å². The van der Waals surface area contributed by atoms with E-state index in [9.17, 15) is 0 Å². The second kappa shape index (κ2) is 3.69. The molecule has 0 N–H and O–H groups in total. The molecule has 0 aliphatic carbocycles. The Morgan fingerprint density at radius 2 is 2.00 bits per heavy atom. The largest absolute Gasteiger partial charge is 0.349 e. The van der Waals surface area contributed by atoms with E-state index >= 15 is 0 Å². The van der Waals surface area contributed by atoms with E-state index in [4.69, 9.17) is 9.47 Å². The summed E-state index contributed by atoms with van der Waals surface area (Å²) >= 11 is 0. The van der Waals surface area contributed by atoms with Crippen LogP contribution in [0.2, 0.25) is 0 Å². The summed E-state index contributed by atoms with van der Waals surface area (Å²) in [4.78, 5) is 0. The predicted octanol–water partition coefficient (Wildman–Crippen LogP) is 3.63. The molecule has 0 radical (unpaired) electrons. The Balaban J connectivity index is 2.15. The van der Waals surface area contributed by atoms with Gasteiger partial charge in [0.05, 0.1) is 0 Å². The molecule has 2 aliphatic rings. The topological polar surface area (TPSA) is 18.5 Å². The van der Waals surface area contributed by atoms with Crippen molar-refractivity contribution in [1.29, 1.82) is 0 Å². The summed E-state index contributed by atoms with van der Waals surface area (Å²) in [6, 6.07) is 8.52. The van der Waals surface area contributed by atoms with E-state index in [0.29, 0.717) is 0 Å². The Labute approximate surface area is 109 Å². The van der Waals surface area contributed by atoms with Crippen LogP contribution in [0.3, 0.4) is 0 Å². The first-order valence-electron chi connectivity index (χ1n) is 6.49. The maximum absolute atomic E-state index is 6.18. The standard InChI is InChI=1S/C16H20O2/c1-15(2,3)13-10-16(17-4)9-11-7-5-6-8-12(11)14(13)18-16/h5-8,10,14H,9H2,1-4H3. The Morgan fingerprint density at radius 3 is 2.67 bits per heavy atom. The highest BCUT2D eigenvalue weighted by molar-refractivity contribution is 5.44. The van der Waals surface area contributed by atoms with Crippen molar-refractivity contribution in [3.05, 3.63) is 47.0 Å². The van der Waals surface area contributed by atoms with E-state index in [2.05, 4.69) is 51.1 Å². The van der Waals surface area contributed by atoms with Gasteiger partial charge in [0, 0.05) is 13.5 Å². The van der Waals surface area contributed by atoms with Crippen LogP contribution in [0.15, 0.2) is 35.9 Å². The fourth-order valence-electron chi connectivity index (χ4n) is 2.94. The molecule has 2 bridgehead atoms. The molecular weight excluding hydrogens is 224 g/mol. The van der Waals surface area contributed by atoms with Crippen molar-refractivity contribution in [2.75, 3.05) is 7.11 Å². The van der Waals surface area contributed by atoms with Crippen molar-refractivity contribution >= 4 is 0 Å². The molecule has 2 nitrogen and oxygen atoms in total. The zero-order chi connectivity index (χ0) is 13.0. The van der Waals surface area contributed by atoms with Gasteiger partial charge in [-0.15, -0.1) is 0 Å². The highest BCUT2D eigenvalue weighted by Gasteiger charge is 2.48. The van der Waals surface area contributed by atoms with Crippen LogP contribution in [0.25, 0.3) is 0 Å². The molecule has 0 fully saturated rings. The van der Waals surface area contributed by atoms with Crippen LogP contribution in [0, 0.1) is 5.41 Å². The summed E-state index contributed by atoms with van der Waals surface area (Å²) in [6.07, 6.45) is 3.04. The molecular formula is C16H20O2.